The first kappa shape index (κ1) is 25.8. The van der Waals surface area contributed by atoms with E-state index in [2.05, 4.69) is 38.2 Å². The second kappa shape index (κ2) is 9.84. The minimum atomic E-state index is -3.88. The Bertz CT molecular complexity index is 1160. The van der Waals surface area contributed by atoms with E-state index in [1.165, 1.54) is 22.0 Å². The third-order valence-electron chi connectivity index (χ3n) is 6.46. The summed E-state index contributed by atoms with van der Waals surface area (Å²) in [6.45, 7) is 10.4. The number of piperidine rings is 1. The van der Waals surface area contributed by atoms with Crippen LogP contribution in [-0.4, -0.2) is 36.6 Å². The molecule has 3 rings (SSSR count). The van der Waals surface area contributed by atoms with Crippen LogP contribution in [0.2, 0.25) is 0 Å². The van der Waals surface area contributed by atoms with E-state index in [1.54, 1.807) is 6.92 Å². The van der Waals surface area contributed by atoms with Crippen LogP contribution in [0.3, 0.4) is 0 Å². The van der Waals surface area contributed by atoms with Crippen molar-refractivity contribution in [3.05, 3.63) is 69.3 Å². The Labute approximate surface area is 201 Å². The van der Waals surface area contributed by atoms with Gasteiger partial charge in [-0.3, -0.25) is 14.9 Å². The van der Waals surface area contributed by atoms with E-state index < -0.39 is 14.9 Å². The van der Waals surface area contributed by atoms with E-state index in [1.807, 2.05) is 19.1 Å². The molecule has 1 saturated heterocycles. The quantitative estimate of drug-likeness (QED) is 0.477. The summed E-state index contributed by atoms with van der Waals surface area (Å²) in [5, 5.41) is 14.1. The fourth-order valence-electron chi connectivity index (χ4n) is 4.16. The molecule has 1 unspecified atom stereocenters. The van der Waals surface area contributed by atoms with Crippen LogP contribution in [0.5, 0.6) is 0 Å². The molecular weight excluding hydrogens is 454 g/mol. The second-order valence-electron chi connectivity index (χ2n) is 9.99. The Hall–Kier alpha value is -2.78. The smallest absolute Gasteiger partial charge is 0.270 e. The Morgan fingerprint density at radius 2 is 1.71 bits per heavy atom. The highest BCUT2D eigenvalue weighted by atomic mass is 32.2. The number of nitro benzene ring substituents is 1. The molecule has 1 fully saturated rings. The van der Waals surface area contributed by atoms with Crippen LogP contribution in [0.4, 0.5) is 5.69 Å². The first-order valence-corrected chi connectivity index (χ1v) is 12.9. The summed E-state index contributed by atoms with van der Waals surface area (Å²) in [7, 11) is -3.88. The van der Waals surface area contributed by atoms with Crippen LogP contribution < -0.4 is 5.32 Å². The molecule has 1 aliphatic rings. The van der Waals surface area contributed by atoms with Crippen LogP contribution in [-0.2, 0) is 20.2 Å². The second-order valence-corrected chi connectivity index (χ2v) is 11.9. The van der Waals surface area contributed by atoms with Crippen molar-refractivity contribution in [3.63, 3.8) is 0 Å². The number of hydrogen-bond acceptors (Lipinski definition) is 5. The van der Waals surface area contributed by atoms with Crippen molar-refractivity contribution in [2.75, 3.05) is 13.1 Å². The summed E-state index contributed by atoms with van der Waals surface area (Å²) in [6.07, 6.45) is 0.795. The van der Waals surface area contributed by atoms with Gasteiger partial charge in [0.2, 0.25) is 15.9 Å². The maximum absolute atomic E-state index is 13.1. The predicted octanol–water partition coefficient (Wildman–Crippen LogP) is 4.48. The van der Waals surface area contributed by atoms with Crippen molar-refractivity contribution in [3.8, 4) is 0 Å². The zero-order valence-corrected chi connectivity index (χ0v) is 21.2. The molecular formula is C25H33N3O5S. The lowest BCUT2D eigenvalue weighted by atomic mass is 9.86. The van der Waals surface area contributed by atoms with Gasteiger partial charge in [0.25, 0.3) is 5.69 Å². The number of nitrogens with one attached hydrogen (secondary N) is 1. The van der Waals surface area contributed by atoms with Crippen molar-refractivity contribution < 1.29 is 18.1 Å². The molecule has 0 aromatic heterocycles. The monoisotopic (exact) mass is 487 g/mol. The molecule has 0 aliphatic carbocycles. The fraction of sp³-hybridized carbons (Fsp3) is 0.480. The van der Waals surface area contributed by atoms with Gasteiger partial charge in [-0.25, -0.2) is 8.42 Å². The van der Waals surface area contributed by atoms with E-state index >= 15 is 0 Å². The zero-order chi connectivity index (χ0) is 25.3. The molecule has 34 heavy (non-hydrogen) atoms. The SMILES string of the molecule is Cc1ccc([N+](=O)[O-])cc1S(=O)(=O)N1CCC(C(=O)NC(C)c2ccc(C(C)(C)C)cc2)CC1. The van der Waals surface area contributed by atoms with Gasteiger partial charge < -0.3 is 5.32 Å². The number of amides is 1. The first-order chi connectivity index (χ1) is 15.8. The number of rotatable bonds is 6. The number of carbonyl (C=O) groups excluding carboxylic acids is 1. The minimum Gasteiger partial charge on any atom is -0.349 e. The highest BCUT2D eigenvalue weighted by Crippen LogP contribution is 2.29. The molecule has 1 aliphatic heterocycles. The van der Waals surface area contributed by atoms with Gasteiger partial charge >= 0.3 is 0 Å². The molecule has 1 heterocycles. The highest BCUT2D eigenvalue weighted by Gasteiger charge is 2.34. The molecule has 9 heteroatoms. The lowest BCUT2D eigenvalue weighted by Crippen LogP contribution is -2.43. The van der Waals surface area contributed by atoms with Gasteiger partial charge in [0.1, 0.15) is 0 Å². The summed E-state index contributed by atoms with van der Waals surface area (Å²) in [4.78, 5) is 23.3. The molecule has 184 valence electrons. The number of nitro groups is 1. The number of carbonyl (C=O) groups is 1. The Morgan fingerprint density at radius 1 is 1.12 bits per heavy atom. The largest absolute Gasteiger partial charge is 0.349 e. The normalized spacial score (nSPS) is 16.7. The van der Waals surface area contributed by atoms with Crippen LogP contribution >= 0.6 is 0 Å². The van der Waals surface area contributed by atoms with Gasteiger partial charge in [-0.05, 0) is 48.8 Å². The fourth-order valence-corrected chi connectivity index (χ4v) is 5.88. The number of aryl methyl sites for hydroxylation is 1. The number of non-ortho nitro benzene ring substituents is 1. The standard InChI is InChI=1S/C25H33N3O5S/c1-17-6-11-22(28(30)31)16-23(17)34(32,33)27-14-12-20(13-15-27)24(29)26-18(2)19-7-9-21(10-8-19)25(3,4)5/h6-11,16,18,20H,12-15H2,1-5H3,(H,26,29). The van der Waals surface area contributed by atoms with Crippen molar-refractivity contribution in [1.82, 2.24) is 9.62 Å². The van der Waals surface area contributed by atoms with Gasteiger partial charge in [0, 0.05) is 31.1 Å². The molecule has 1 N–H and O–H groups in total. The molecule has 0 saturated carbocycles. The van der Waals surface area contributed by atoms with Gasteiger partial charge in [0.15, 0.2) is 0 Å². The molecule has 0 bridgehead atoms. The van der Waals surface area contributed by atoms with Crippen LogP contribution in [0.25, 0.3) is 0 Å². The van der Waals surface area contributed by atoms with Gasteiger partial charge in [-0.15, -0.1) is 0 Å². The van der Waals surface area contributed by atoms with Crippen LogP contribution in [0, 0.1) is 23.0 Å². The van der Waals surface area contributed by atoms with E-state index in [9.17, 15) is 23.3 Å². The summed E-state index contributed by atoms with van der Waals surface area (Å²) in [5.74, 6) is -0.370. The Kier molecular flexibility index (Phi) is 7.47. The van der Waals surface area contributed by atoms with Crippen molar-refractivity contribution in [1.29, 1.82) is 0 Å². The molecule has 2 aromatic carbocycles. The van der Waals surface area contributed by atoms with Crippen molar-refractivity contribution in [2.45, 2.75) is 63.8 Å². The minimum absolute atomic E-state index is 0.0581. The first-order valence-electron chi connectivity index (χ1n) is 11.5. The predicted molar refractivity (Wildman–Crippen MR) is 131 cm³/mol. The van der Waals surface area contributed by atoms with Crippen molar-refractivity contribution in [2.24, 2.45) is 5.92 Å². The lowest BCUT2D eigenvalue weighted by molar-refractivity contribution is -0.385. The number of benzene rings is 2. The average Bonchev–Trinajstić information content (AvgIpc) is 2.78. The van der Waals surface area contributed by atoms with Crippen LogP contribution in [0.1, 0.15) is 63.3 Å². The summed E-state index contributed by atoms with van der Waals surface area (Å²) in [5.41, 5.74) is 2.49. The Balaban J connectivity index is 1.62. The topological polar surface area (TPSA) is 110 Å². The summed E-state index contributed by atoms with van der Waals surface area (Å²) < 4.78 is 27.6. The molecule has 8 nitrogen and oxygen atoms in total. The van der Waals surface area contributed by atoms with Gasteiger partial charge in [0.05, 0.1) is 15.9 Å². The van der Waals surface area contributed by atoms with Gasteiger partial charge in [-0.1, -0.05) is 51.1 Å². The maximum Gasteiger partial charge on any atom is 0.270 e. The van der Waals surface area contributed by atoms with E-state index in [0.717, 1.165) is 11.6 Å². The number of nitrogens with zero attached hydrogens (tertiary/aromatic N) is 2. The van der Waals surface area contributed by atoms with Crippen LogP contribution in [0.15, 0.2) is 47.4 Å². The van der Waals surface area contributed by atoms with E-state index in [0.29, 0.717) is 18.4 Å². The van der Waals surface area contributed by atoms with Crippen molar-refractivity contribution >= 4 is 21.6 Å². The average molecular weight is 488 g/mol. The van der Waals surface area contributed by atoms with E-state index in [-0.39, 0.29) is 47.0 Å². The molecule has 1 atom stereocenters. The maximum atomic E-state index is 13.1. The molecule has 0 spiro atoms. The van der Waals surface area contributed by atoms with E-state index in [4.69, 9.17) is 0 Å². The molecule has 0 radical (unpaired) electrons. The van der Waals surface area contributed by atoms with Gasteiger partial charge in [-0.2, -0.15) is 4.31 Å². The summed E-state index contributed by atoms with van der Waals surface area (Å²) in [6, 6.07) is 11.9. The third-order valence-corrected chi connectivity index (χ3v) is 8.50. The molecule has 1 amide bonds. The number of hydrogen-bond donors (Lipinski definition) is 1. The summed E-state index contributed by atoms with van der Waals surface area (Å²) >= 11 is 0. The number of sulfonamides is 1. The molecule has 2 aromatic rings. The lowest BCUT2D eigenvalue weighted by Gasteiger charge is -2.31. The Morgan fingerprint density at radius 3 is 2.24 bits per heavy atom. The third kappa shape index (κ3) is 5.64. The zero-order valence-electron chi connectivity index (χ0n) is 20.4. The highest BCUT2D eigenvalue weighted by molar-refractivity contribution is 7.89.